The van der Waals surface area contributed by atoms with Crippen molar-refractivity contribution in [3.63, 3.8) is 0 Å². The first kappa shape index (κ1) is 17.9. The van der Waals surface area contributed by atoms with E-state index in [0.717, 1.165) is 6.04 Å². The summed E-state index contributed by atoms with van der Waals surface area (Å²) in [6.45, 7) is 16.6. The summed E-state index contributed by atoms with van der Waals surface area (Å²) in [5.74, 6) is 0. The van der Waals surface area contributed by atoms with Gasteiger partial charge in [-0.3, -0.25) is 4.90 Å². The molecule has 0 radical (unpaired) electrons. The van der Waals surface area contributed by atoms with Gasteiger partial charge in [0.1, 0.15) is 0 Å². The Balaban J connectivity index is 2.06. The van der Waals surface area contributed by atoms with Crippen molar-refractivity contribution in [1.29, 1.82) is 0 Å². The molecule has 3 nitrogen and oxygen atoms in total. The van der Waals surface area contributed by atoms with Crippen LogP contribution in [0.1, 0.15) is 59.8 Å². The Morgan fingerprint density at radius 3 is 2.60 bits per heavy atom. The molecule has 1 N–H and O–H groups in total. The van der Waals surface area contributed by atoms with Crippen molar-refractivity contribution in [2.24, 2.45) is 0 Å². The highest BCUT2D eigenvalue weighted by molar-refractivity contribution is 4.82. The number of nitrogens with zero attached hydrogens (tertiary/aromatic N) is 2. The highest BCUT2D eigenvalue weighted by Gasteiger charge is 2.25. The van der Waals surface area contributed by atoms with Crippen molar-refractivity contribution in [2.75, 3.05) is 39.3 Å². The fourth-order valence-electron chi connectivity index (χ4n) is 3.33. The molecular weight excluding hydrogens is 246 g/mol. The number of nitrogens with one attached hydrogen (secondary N) is 1. The van der Waals surface area contributed by atoms with Crippen LogP contribution < -0.4 is 5.32 Å². The Labute approximate surface area is 127 Å². The maximum absolute atomic E-state index is 3.58. The van der Waals surface area contributed by atoms with Crippen molar-refractivity contribution < 1.29 is 0 Å². The predicted molar refractivity (Wildman–Crippen MR) is 89.4 cm³/mol. The Hall–Kier alpha value is -0.120. The number of hydrogen-bond donors (Lipinski definition) is 1. The molecule has 2 unspecified atom stereocenters. The average Bonchev–Trinajstić information content (AvgIpc) is 2.91. The van der Waals surface area contributed by atoms with E-state index >= 15 is 0 Å². The van der Waals surface area contributed by atoms with Crippen LogP contribution >= 0.6 is 0 Å². The largest absolute Gasteiger partial charge is 0.314 e. The van der Waals surface area contributed by atoms with Gasteiger partial charge in [0.25, 0.3) is 0 Å². The van der Waals surface area contributed by atoms with Gasteiger partial charge in [-0.05, 0) is 65.3 Å². The van der Waals surface area contributed by atoms with Crippen molar-refractivity contribution in [1.82, 2.24) is 15.1 Å². The summed E-state index contributed by atoms with van der Waals surface area (Å²) >= 11 is 0. The van der Waals surface area contributed by atoms with Crippen molar-refractivity contribution in [2.45, 2.75) is 71.9 Å². The molecule has 0 amide bonds. The second-order valence-corrected chi connectivity index (χ2v) is 6.32. The van der Waals surface area contributed by atoms with E-state index in [4.69, 9.17) is 0 Å². The second-order valence-electron chi connectivity index (χ2n) is 6.32. The molecule has 0 aromatic heterocycles. The standard InChI is InChI=1S/C17H37N3/c1-5-12-18-16(4)10-8-9-13-19-14-11-17(15-19)20(6-2)7-3/h16-18H,5-15H2,1-4H3. The van der Waals surface area contributed by atoms with E-state index in [1.165, 1.54) is 71.4 Å². The summed E-state index contributed by atoms with van der Waals surface area (Å²) in [5, 5.41) is 3.58. The molecule has 1 rings (SSSR count). The Kier molecular flexibility index (Phi) is 9.49. The van der Waals surface area contributed by atoms with Gasteiger partial charge in [0.15, 0.2) is 0 Å². The minimum atomic E-state index is 0.692. The third-order valence-electron chi connectivity index (χ3n) is 4.68. The van der Waals surface area contributed by atoms with Crippen LogP contribution in [0.25, 0.3) is 0 Å². The number of unbranched alkanes of at least 4 members (excludes halogenated alkanes) is 1. The molecule has 0 bridgehead atoms. The second kappa shape index (κ2) is 10.6. The SMILES string of the molecule is CCCNC(C)CCCCN1CCC(N(CC)CC)C1. The lowest BCUT2D eigenvalue weighted by Gasteiger charge is -2.26. The maximum atomic E-state index is 3.58. The zero-order valence-corrected chi connectivity index (χ0v) is 14.3. The van der Waals surface area contributed by atoms with Crippen LogP contribution in [0.2, 0.25) is 0 Å². The molecule has 2 atom stereocenters. The average molecular weight is 284 g/mol. The number of rotatable bonds is 11. The molecule has 0 aromatic carbocycles. The van der Waals surface area contributed by atoms with Gasteiger partial charge in [0.05, 0.1) is 0 Å². The molecule has 1 heterocycles. The molecule has 0 aliphatic carbocycles. The molecule has 1 saturated heterocycles. The van der Waals surface area contributed by atoms with Crippen molar-refractivity contribution in [3.8, 4) is 0 Å². The van der Waals surface area contributed by atoms with E-state index in [1.54, 1.807) is 0 Å². The quantitative estimate of drug-likeness (QED) is 0.588. The van der Waals surface area contributed by atoms with E-state index in [1.807, 2.05) is 0 Å². The minimum Gasteiger partial charge on any atom is -0.314 e. The summed E-state index contributed by atoms with van der Waals surface area (Å²) in [6, 6.07) is 1.51. The van der Waals surface area contributed by atoms with Crippen LogP contribution in [0.15, 0.2) is 0 Å². The van der Waals surface area contributed by atoms with Gasteiger partial charge in [0.2, 0.25) is 0 Å². The van der Waals surface area contributed by atoms with E-state index in [9.17, 15) is 0 Å². The zero-order valence-electron chi connectivity index (χ0n) is 14.3. The van der Waals surface area contributed by atoms with E-state index in [0.29, 0.717) is 6.04 Å². The van der Waals surface area contributed by atoms with Crippen molar-refractivity contribution >= 4 is 0 Å². The summed E-state index contributed by atoms with van der Waals surface area (Å²) in [5.41, 5.74) is 0. The monoisotopic (exact) mass is 283 g/mol. The molecular formula is C17H37N3. The molecule has 0 aromatic rings. The van der Waals surface area contributed by atoms with Gasteiger partial charge in [-0.15, -0.1) is 0 Å². The third kappa shape index (κ3) is 6.55. The van der Waals surface area contributed by atoms with Crippen LogP contribution in [-0.2, 0) is 0 Å². The van der Waals surface area contributed by atoms with Crippen LogP contribution in [-0.4, -0.2) is 61.2 Å². The summed E-state index contributed by atoms with van der Waals surface area (Å²) < 4.78 is 0. The smallest absolute Gasteiger partial charge is 0.0235 e. The summed E-state index contributed by atoms with van der Waals surface area (Å²) in [6.07, 6.45) is 6.67. The third-order valence-corrected chi connectivity index (χ3v) is 4.68. The lowest BCUT2D eigenvalue weighted by molar-refractivity contribution is 0.209. The van der Waals surface area contributed by atoms with Crippen LogP contribution in [0, 0.1) is 0 Å². The molecule has 1 aliphatic heterocycles. The Bertz CT molecular complexity index is 228. The molecule has 1 aliphatic rings. The molecule has 3 heteroatoms. The normalized spacial score (nSPS) is 21.8. The Morgan fingerprint density at radius 2 is 1.95 bits per heavy atom. The molecule has 120 valence electrons. The van der Waals surface area contributed by atoms with Crippen LogP contribution in [0.5, 0.6) is 0 Å². The van der Waals surface area contributed by atoms with Gasteiger partial charge < -0.3 is 10.2 Å². The fourth-order valence-corrected chi connectivity index (χ4v) is 3.33. The fraction of sp³-hybridized carbons (Fsp3) is 1.00. The molecule has 0 spiro atoms. The van der Waals surface area contributed by atoms with E-state index in [-0.39, 0.29) is 0 Å². The zero-order chi connectivity index (χ0) is 14.8. The first-order valence-corrected chi connectivity index (χ1v) is 8.90. The number of likely N-dealkylation sites (tertiary alicyclic amines) is 1. The van der Waals surface area contributed by atoms with Crippen LogP contribution in [0.4, 0.5) is 0 Å². The summed E-state index contributed by atoms with van der Waals surface area (Å²) in [4.78, 5) is 5.30. The highest BCUT2D eigenvalue weighted by atomic mass is 15.2. The van der Waals surface area contributed by atoms with Gasteiger partial charge >= 0.3 is 0 Å². The van der Waals surface area contributed by atoms with Gasteiger partial charge in [-0.2, -0.15) is 0 Å². The predicted octanol–water partition coefficient (Wildman–Crippen LogP) is 2.96. The Morgan fingerprint density at radius 1 is 1.20 bits per heavy atom. The minimum absolute atomic E-state index is 0.692. The number of hydrogen-bond acceptors (Lipinski definition) is 3. The molecule has 0 saturated carbocycles. The van der Waals surface area contributed by atoms with E-state index < -0.39 is 0 Å². The first-order valence-electron chi connectivity index (χ1n) is 8.90. The van der Waals surface area contributed by atoms with E-state index in [2.05, 4.69) is 42.8 Å². The maximum Gasteiger partial charge on any atom is 0.0235 e. The number of likely N-dealkylation sites (N-methyl/N-ethyl adjacent to an activating group) is 1. The summed E-state index contributed by atoms with van der Waals surface area (Å²) in [7, 11) is 0. The van der Waals surface area contributed by atoms with Crippen molar-refractivity contribution in [3.05, 3.63) is 0 Å². The molecule has 20 heavy (non-hydrogen) atoms. The highest BCUT2D eigenvalue weighted by Crippen LogP contribution is 2.16. The lowest BCUT2D eigenvalue weighted by Crippen LogP contribution is -2.37. The topological polar surface area (TPSA) is 18.5 Å². The van der Waals surface area contributed by atoms with Gasteiger partial charge in [-0.1, -0.05) is 27.2 Å². The van der Waals surface area contributed by atoms with Crippen LogP contribution in [0.3, 0.4) is 0 Å². The van der Waals surface area contributed by atoms with Gasteiger partial charge in [0, 0.05) is 18.6 Å². The first-order chi connectivity index (χ1) is 9.71. The molecule has 1 fully saturated rings. The lowest BCUT2D eigenvalue weighted by atomic mass is 10.1. The van der Waals surface area contributed by atoms with Gasteiger partial charge in [-0.25, -0.2) is 0 Å².